The Kier molecular flexibility index (Phi) is 4.55. The van der Waals surface area contributed by atoms with Crippen molar-refractivity contribution >= 4 is 12.7 Å². The molecule has 2 aliphatic rings. The van der Waals surface area contributed by atoms with Gasteiger partial charge in [-0.25, -0.2) is 0 Å². The van der Waals surface area contributed by atoms with Crippen LogP contribution in [0.5, 0.6) is 0 Å². The van der Waals surface area contributed by atoms with Crippen molar-refractivity contribution in [3.8, 4) is 0 Å². The first-order valence-corrected chi connectivity index (χ1v) is 10.4. The standard InChI is InChI=1S/C26H32/c1-18-13-14-19(22-10-6-5-9-21(18)22)17-20-15-16-25(26(2,3)4)24-12-8-7-11-23(20)24/h13-17H,1,5-12H2,2-4H3. The summed E-state index contributed by atoms with van der Waals surface area (Å²) in [4.78, 5) is 0. The SMILES string of the molecule is C=c1ccc(=Cc2ccc(C(C)(C)C)c3c2CCCC3)c2c1CCCC2. The molecule has 0 amide bonds. The quantitative estimate of drug-likeness (QED) is 0.684. The van der Waals surface area contributed by atoms with E-state index in [0.29, 0.717) is 0 Å². The molecular weight excluding hydrogens is 312 g/mol. The van der Waals surface area contributed by atoms with E-state index < -0.39 is 0 Å². The topological polar surface area (TPSA) is 0 Å². The van der Waals surface area contributed by atoms with E-state index in [2.05, 4.69) is 57.7 Å². The molecule has 0 N–H and O–H groups in total. The summed E-state index contributed by atoms with van der Waals surface area (Å²) in [5.41, 5.74) is 9.58. The third-order valence-corrected chi connectivity index (χ3v) is 6.36. The van der Waals surface area contributed by atoms with Gasteiger partial charge in [-0.3, -0.25) is 0 Å². The van der Waals surface area contributed by atoms with Gasteiger partial charge in [-0.2, -0.15) is 0 Å². The van der Waals surface area contributed by atoms with Crippen LogP contribution >= 0.6 is 0 Å². The summed E-state index contributed by atoms with van der Waals surface area (Å²) in [6.45, 7) is 11.3. The molecule has 0 heteroatoms. The summed E-state index contributed by atoms with van der Waals surface area (Å²) in [6.07, 6.45) is 12.7. The Morgan fingerprint density at radius 1 is 0.731 bits per heavy atom. The normalized spacial score (nSPS) is 17.7. The summed E-state index contributed by atoms with van der Waals surface area (Å²) in [5, 5.41) is 2.67. The van der Waals surface area contributed by atoms with E-state index >= 15 is 0 Å². The Balaban J connectivity index is 1.91. The monoisotopic (exact) mass is 344 g/mol. The molecule has 0 unspecified atom stereocenters. The molecule has 26 heavy (non-hydrogen) atoms. The second-order valence-electron chi connectivity index (χ2n) is 9.24. The van der Waals surface area contributed by atoms with Gasteiger partial charge < -0.3 is 0 Å². The maximum absolute atomic E-state index is 4.28. The number of benzene rings is 2. The van der Waals surface area contributed by atoms with Crippen molar-refractivity contribution in [1.29, 1.82) is 0 Å². The average molecular weight is 345 g/mol. The van der Waals surface area contributed by atoms with Crippen molar-refractivity contribution in [3.05, 3.63) is 68.1 Å². The van der Waals surface area contributed by atoms with Gasteiger partial charge in [0.25, 0.3) is 0 Å². The molecule has 2 aromatic carbocycles. The van der Waals surface area contributed by atoms with E-state index in [4.69, 9.17) is 0 Å². The van der Waals surface area contributed by atoms with Crippen molar-refractivity contribution in [2.75, 3.05) is 0 Å². The van der Waals surface area contributed by atoms with Gasteiger partial charge in [-0.05, 0) is 107 Å². The van der Waals surface area contributed by atoms with Gasteiger partial charge in [0.2, 0.25) is 0 Å². The molecular formula is C26H32. The van der Waals surface area contributed by atoms with E-state index in [1.54, 1.807) is 22.3 Å². The lowest BCUT2D eigenvalue weighted by Crippen LogP contribution is -2.24. The molecule has 0 heterocycles. The summed E-state index contributed by atoms with van der Waals surface area (Å²) in [5.74, 6) is 0. The summed E-state index contributed by atoms with van der Waals surface area (Å²) >= 11 is 0. The van der Waals surface area contributed by atoms with Gasteiger partial charge in [0.1, 0.15) is 0 Å². The maximum Gasteiger partial charge on any atom is -0.0129 e. The fraction of sp³-hybridized carbons (Fsp3) is 0.462. The van der Waals surface area contributed by atoms with E-state index in [9.17, 15) is 0 Å². The van der Waals surface area contributed by atoms with Crippen molar-refractivity contribution in [2.24, 2.45) is 0 Å². The minimum atomic E-state index is 0.231. The number of fused-ring (bicyclic) bond motifs is 2. The zero-order chi connectivity index (χ0) is 18.3. The Morgan fingerprint density at radius 3 is 2.04 bits per heavy atom. The number of rotatable bonds is 1. The van der Waals surface area contributed by atoms with Crippen molar-refractivity contribution in [1.82, 2.24) is 0 Å². The molecule has 0 nitrogen and oxygen atoms in total. The minimum absolute atomic E-state index is 0.231. The van der Waals surface area contributed by atoms with Crippen LogP contribution in [0.15, 0.2) is 24.3 Å². The molecule has 0 atom stereocenters. The molecule has 0 radical (unpaired) electrons. The molecule has 0 aliphatic heterocycles. The predicted molar refractivity (Wildman–Crippen MR) is 113 cm³/mol. The van der Waals surface area contributed by atoms with Gasteiger partial charge in [0, 0.05) is 0 Å². The Hall–Kier alpha value is -1.82. The Labute approximate surface area is 158 Å². The van der Waals surface area contributed by atoms with Crippen molar-refractivity contribution < 1.29 is 0 Å². The van der Waals surface area contributed by atoms with E-state index in [1.165, 1.54) is 72.9 Å². The van der Waals surface area contributed by atoms with Crippen molar-refractivity contribution in [3.63, 3.8) is 0 Å². The van der Waals surface area contributed by atoms with Gasteiger partial charge in [0.15, 0.2) is 0 Å². The van der Waals surface area contributed by atoms with Crippen LogP contribution in [-0.2, 0) is 31.1 Å². The van der Waals surface area contributed by atoms with Crippen LogP contribution < -0.4 is 10.4 Å². The molecule has 2 aliphatic carbocycles. The summed E-state index contributed by atoms with van der Waals surface area (Å²) in [7, 11) is 0. The minimum Gasteiger partial charge on any atom is -0.0915 e. The second-order valence-corrected chi connectivity index (χ2v) is 9.24. The molecule has 0 aromatic heterocycles. The molecule has 136 valence electrons. The number of hydrogen-bond acceptors (Lipinski definition) is 0. The second kappa shape index (κ2) is 6.72. The van der Waals surface area contributed by atoms with Crippen LogP contribution in [-0.4, -0.2) is 0 Å². The first-order chi connectivity index (χ1) is 12.4. The molecule has 0 bridgehead atoms. The summed E-state index contributed by atoms with van der Waals surface area (Å²) in [6, 6.07) is 9.32. The lowest BCUT2D eigenvalue weighted by Gasteiger charge is -2.29. The third-order valence-electron chi connectivity index (χ3n) is 6.36. The zero-order valence-corrected chi connectivity index (χ0v) is 16.8. The van der Waals surface area contributed by atoms with E-state index in [-0.39, 0.29) is 5.41 Å². The van der Waals surface area contributed by atoms with Gasteiger partial charge in [-0.1, -0.05) is 51.6 Å². The van der Waals surface area contributed by atoms with Crippen molar-refractivity contribution in [2.45, 2.75) is 77.6 Å². The highest BCUT2D eigenvalue weighted by Crippen LogP contribution is 2.34. The third kappa shape index (κ3) is 3.15. The fourth-order valence-corrected chi connectivity index (χ4v) is 5.01. The fourth-order valence-electron chi connectivity index (χ4n) is 5.01. The van der Waals surface area contributed by atoms with E-state index in [1.807, 2.05) is 0 Å². The first-order valence-electron chi connectivity index (χ1n) is 10.4. The lowest BCUT2D eigenvalue weighted by atomic mass is 9.76. The molecule has 0 spiro atoms. The van der Waals surface area contributed by atoms with Gasteiger partial charge >= 0.3 is 0 Å². The van der Waals surface area contributed by atoms with Crippen LogP contribution in [0, 0.1) is 0 Å². The Bertz CT molecular complexity index is 937. The molecule has 0 saturated carbocycles. The first kappa shape index (κ1) is 17.6. The van der Waals surface area contributed by atoms with Crippen LogP contribution in [0.25, 0.3) is 12.7 Å². The largest absolute Gasteiger partial charge is 0.0915 e. The molecule has 0 fully saturated rings. The Morgan fingerprint density at radius 2 is 1.35 bits per heavy atom. The predicted octanol–water partition coefficient (Wildman–Crippen LogP) is 4.98. The molecule has 4 rings (SSSR count). The highest BCUT2D eigenvalue weighted by Gasteiger charge is 2.23. The zero-order valence-electron chi connectivity index (χ0n) is 16.8. The number of hydrogen-bond donors (Lipinski definition) is 0. The molecule has 2 aromatic rings. The maximum atomic E-state index is 4.28. The van der Waals surface area contributed by atoms with Crippen LogP contribution in [0.1, 0.15) is 79.8 Å². The van der Waals surface area contributed by atoms with Crippen LogP contribution in [0.2, 0.25) is 0 Å². The lowest BCUT2D eigenvalue weighted by molar-refractivity contribution is 0.568. The average Bonchev–Trinajstić information content (AvgIpc) is 2.63. The van der Waals surface area contributed by atoms with Gasteiger partial charge in [-0.15, -0.1) is 0 Å². The van der Waals surface area contributed by atoms with E-state index in [0.717, 1.165) is 0 Å². The van der Waals surface area contributed by atoms with Gasteiger partial charge in [0.05, 0.1) is 0 Å². The highest BCUT2D eigenvalue weighted by atomic mass is 14.3. The molecule has 0 saturated heterocycles. The highest BCUT2D eigenvalue weighted by molar-refractivity contribution is 5.60. The smallest absolute Gasteiger partial charge is 0.0129 e. The summed E-state index contributed by atoms with van der Waals surface area (Å²) < 4.78 is 0. The van der Waals surface area contributed by atoms with Crippen LogP contribution in [0.4, 0.5) is 0 Å². The van der Waals surface area contributed by atoms with Crippen LogP contribution in [0.3, 0.4) is 0 Å².